The van der Waals surface area contributed by atoms with Crippen LogP contribution in [0.3, 0.4) is 0 Å². The van der Waals surface area contributed by atoms with E-state index in [1.165, 1.54) is 6.07 Å². The Balaban J connectivity index is 2.05. The van der Waals surface area contributed by atoms with E-state index in [9.17, 15) is 9.59 Å². The molecule has 1 aliphatic rings. The Morgan fingerprint density at radius 1 is 1.56 bits per heavy atom. The molecule has 0 spiro atoms. The van der Waals surface area contributed by atoms with Crippen molar-refractivity contribution in [3.05, 3.63) is 11.8 Å². The Bertz CT molecular complexity index is 479. The molecule has 1 unspecified atom stereocenters. The highest BCUT2D eigenvalue weighted by molar-refractivity contribution is 5.94. The van der Waals surface area contributed by atoms with Crippen molar-refractivity contribution in [3.63, 3.8) is 0 Å². The Kier molecular flexibility index (Phi) is 3.11. The van der Waals surface area contributed by atoms with Gasteiger partial charge in [-0.2, -0.15) is 5.10 Å². The molecule has 0 bridgehead atoms. The fourth-order valence-electron chi connectivity index (χ4n) is 2.52. The minimum absolute atomic E-state index is 0.00395. The van der Waals surface area contributed by atoms with E-state index in [0.29, 0.717) is 0 Å². The second kappa shape index (κ2) is 4.44. The van der Waals surface area contributed by atoms with Gasteiger partial charge >= 0.3 is 5.97 Å². The summed E-state index contributed by atoms with van der Waals surface area (Å²) in [6, 6.07) is 1.32. The predicted molar refractivity (Wildman–Crippen MR) is 65.3 cm³/mol. The van der Waals surface area contributed by atoms with Gasteiger partial charge < -0.3 is 10.4 Å². The summed E-state index contributed by atoms with van der Waals surface area (Å²) in [4.78, 5) is 22.8. The van der Waals surface area contributed by atoms with Crippen molar-refractivity contribution in [2.75, 3.05) is 5.32 Å². The Morgan fingerprint density at radius 3 is 2.78 bits per heavy atom. The minimum Gasteiger partial charge on any atom is -0.477 e. The maximum atomic E-state index is 12.1. The van der Waals surface area contributed by atoms with Crippen molar-refractivity contribution < 1.29 is 14.7 Å². The molecular formula is C12H17N3O3. The van der Waals surface area contributed by atoms with Crippen molar-refractivity contribution in [3.8, 4) is 0 Å². The average Bonchev–Trinajstić information content (AvgIpc) is 2.84. The van der Waals surface area contributed by atoms with Crippen LogP contribution in [0.2, 0.25) is 0 Å². The Morgan fingerprint density at radius 2 is 2.28 bits per heavy atom. The normalized spacial score (nSPS) is 21.8. The van der Waals surface area contributed by atoms with Crippen LogP contribution in [0.5, 0.6) is 0 Å². The summed E-state index contributed by atoms with van der Waals surface area (Å²) < 4.78 is 0. The summed E-state index contributed by atoms with van der Waals surface area (Å²) in [5, 5.41) is 17.5. The van der Waals surface area contributed by atoms with Gasteiger partial charge in [-0.15, -0.1) is 0 Å². The molecular weight excluding hydrogens is 234 g/mol. The number of aromatic nitrogens is 2. The monoisotopic (exact) mass is 251 g/mol. The van der Waals surface area contributed by atoms with Crippen LogP contribution >= 0.6 is 0 Å². The number of nitrogens with one attached hydrogen (secondary N) is 2. The number of hydrogen-bond donors (Lipinski definition) is 3. The zero-order valence-electron chi connectivity index (χ0n) is 10.5. The van der Waals surface area contributed by atoms with Crippen LogP contribution in [0.1, 0.15) is 43.6 Å². The molecule has 1 aliphatic carbocycles. The summed E-state index contributed by atoms with van der Waals surface area (Å²) in [6.07, 6.45) is 2.95. The van der Waals surface area contributed by atoms with Gasteiger partial charge in [-0.1, -0.05) is 20.3 Å². The van der Waals surface area contributed by atoms with E-state index in [4.69, 9.17) is 5.11 Å². The van der Waals surface area contributed by atoms with Crippen LogP contribution in [-0.2, 0) is 4.79 Å². The quantitative estimate of drug-likeness (QED) is 0.764. The number of carboxylic acids is 1. The first-order valence-corrected chi connectivity index (χ1v) is 6.00. The highest BCUT2D eigenvalue weighted by Crippen LogP contribution is 2.42. The number of hydrogen-bond acceptors (Lipinski definition) is 3. The highest BCUT2D eigenvalue weighted by Gasteiger charge is 2.39. The van der Waals surface area contributed by atoms with E-state index >= 15 is 0 Å². The Labute approximate surface area is 105 Å². The van der Waals surface area contributed by atoms with Crippen LogP contribution in [0.15, 0.2) is 6.07 Å². The molecule has 0 radical (unpaired) electrons. The van der Waals surface area contributed by atoms with Crippen LogP contribution in [-0.4, -0.2) is 27.2 Å². The van der Waals surface area contributed by atoms with E-state index in [2.05, 4.69) is 29.4 Å². The molecule has 1 amide bonds. The third-order valence-electron chi connectivity index (χ3n) is 3.63. The molecule has 2 rings (SSSR count). The van der Waals surface area contributed by atoms with Crippen LogP contribution in [0.4, 0.5) is 5.82 Å². The lowest BCUT2D eigenvalue weighted by Gasteiger charge is -2.25. The molecule has 0 aliphatic heterocycles. The van der Waals surface area contributed by atoms with Crippen molar-refractivity contribution in [2.24, 2.45) is 11.3 Å². The van der Waals surface area contributed by atoms with Crippen molar-refractivity contribution in [2.45, 2.75) is 33.1 Å². The summed E-state index contributed by atoms with van der Waals surface area (Å²) in [6.45, 7) is 4.16. The van der Waals surface area contributed by atoms with Gasteiger partial charge in [0.05, 0.1) is 0 Å². The van der Waals surface area contributed by atoms with E-state index in [1.807, 2.05) is 0 Å². The average molecular weight is 251 g/mol. The van der Waals surface area contributed by atoms with Crippen LogP contribution in [0, 0.1) is 11.3 Å². The van der Waals surface area contributed by atoms with E-state index in [1.54, 1.807) is 0 Å². The van der Waals surface area contributed by atoms with Gasteiger partial charge in [-0.25, -0.2) is 4.79 Å². The SMILES string of the molecule is CC1(C)CCCC1C(=O)Nc1cc(C(=O)O)[nH]n1. The van der Waals surface area contributed by atoms with Crippen molar-refractivity contribution in [1.29, 1.82) is 0 Å². The van der Waals surface area contributed by atoms with E-state index in [-0.39, 0.29) is 28.8 Å². The zero-order chi connectivity index (χ0) is 13.3. The van der Waals surface area contributed by atoms with Crippen LogP contribution < -0.4 is 5.32 Å². The lowest BCUT2D eigenvalue weighted by Crippen LogP contribution is -2.30. The van der Waals surface area contributed by atoms with Crippen molar-refractivity contribution in [1.82, 2.24) is 10.2 Å². The number of aromatic carboxylic acids is 1. The number of aromatic amines is 1. The maximum Gasteiger partial charge on any atom is 0.353 e. The second-order valence-electron chi connectivity index (χ2n) is 5.39. The van der Waals surface area contributed by atoms with Gasteiger partial charge in [0.1, 0.15) is 5.69 Å². The largest absolute Gasteiger partial charge is 0.477 e. The molecule has 6 nitrogen and oxygen atoms in total. The number of nitrogens with zero attached hydrogens (tertiary/aromatic N) is 1. The molecule has 3 N–H and O–H groups in total. The van der Waals surface area contributed by atoms with Gasteiger partial charge in [0.2, 0.25) is 5.91 Å². The molecule has 1 aromatic rings. The number of anilines is 1. The molecule has 1 saturated carbocycles. The Hall–Kier alpha value is -1.85. The standard InChI is InChI=1S/C12H17N3O3/c1-12(2)5-3-4-7(12)10(16)13-9-6-8(11(17)18)14-15-9/h6-7H,3-5H2,1-2H3,(H,17,18)(H2,13,14,15,16). The van der Waals surface area contributed by atoms with Gasteiger partial charge in [0, 0.05) is 12.0 Å². The molecule has 1 atom stereocenters. The van der Waals surface area contributed by atoms with E-state index < -0.39 is 5.97 Å². The first-order chi connectivity index (χ1) is 8.40. The highest BCUT2D eigenvalue weighted by atomic mass is 16.4. The van der Waals surface area contributed by atoms with Crippen LogP contribution in [0.25, 0.3) is 0 Å². The minimum atomic E-state index is -1.09. The van der Waals surface area contributed by atoms with E-state index in [0.717, 1.165) is 19.3 Å². The number of carboxylic acid groups (broad SMARTS) is 1. The van der Waals surface area contributed by atoms with Gasteiger partial charge in [-0.05, 0) is 18.3 Å². The second-order valence-corrected chi connectivity index (χ2v) is 5.39. The third kappa shape index (κ3) is 2.37. The van der Waals surface area contributed by atoms with Gasteiger partial charge in [0.25, 0.3) is 0 Å². The summed E-state index contributed by atoms with van der Waals surface area (Å²) >= 11 is 0. The van der Waals surface area contributed by atoms with Gasteiger partial charge in [0.15, 0.2) is 5.82 Å². The first kappa shape index (κ1) is 12.6. The number of carbonyl (C=O) groups excluding carboxylic acids is 1. The molecule has 18 heavy (non-hydrogen) atoms. The fourth-order valence-corrected chi connectivity index (χ4v) is 2.52. The number of carbonyl (C=O) groups is 2. The first-order valence-electron chi connectivity index (χ1n) is 6.00. The summed E-state index contributed by atoms with van der Waals surface area (Å²) in [5.74, 6) is -0.951. The fraction of sp³-hybridized carbons (Fsp3) is 0.583. The summed E-state index contributed by atoms with van der Waals surface area (Å²) in [5.41, 5.74) is -0.0354. The molecule has 98 valence electrons. The topological polar surface area (TPSA) is 95.1 Å². The van der Waals surface area contributed by atoms with Gasteiger partial charge in [-0.3, -0.25) is 9.89 Å². The third-order valence-corrected chi connectivity index (χ3v) is 3.63. The number of amides is 1. The molecule has 1 aromatic heterocycles. The summed E-state index contributed by atoms with van der Waals surface area (Å²) in [7, 11) is 0. The molecule has 1 heterocycles. The zero-order valence-corrected chi connectivity index (χ0v) is 10.5. The molecule has 0 saturated heterocycles. The molecule has 1 fully saturated rings. The number of H-pyrrole nitrogens is 1. The lowest BCUT2D eigenvalue weighted by atomic mass is 9.81. The molecule has 6 heteroatoms. The number of rotatable bonds is 3. The maximum absolute atomic E-state index is 12.1. The van der Waals surface area contributed by atoms with Crippen molar-refractivity contribution >= 4 is 17.7 Å². The predicted octanol–water partition coefficient (Wildman–Crippen LogP) is 1.87. The molecule has 0 aromatic carbocycles. The lowest BCUT2D eigenvalue weighted by molar-refractivity contribution is -0.122. The smallest absolute Gasteiger partial charge is 0.353 e.